The molecule has 0 spiro atoms. The summed E-state index contributed by atoms with van der Waals surface area (Å²) in [7, 11) is 0. The zero-order valence-electron chi connectivity index (χ0n) is 10.5. The van der Waals surface area contributed by atoms with Crippen LogP contribution in [-0.2, 0) is 0 Å². The summed E-state index contributed by atoms with van der Waals surface area (Å²) >= 11 is 0. The molecule has 0 aliphatic carbocycles. The van der Waals surface area contributed by atoms with Gasteiger partial charge in [-0.15, -0.1) is 0 Å². The van der Waals surface area contributed by atoms with Crippen molar-refractivity contribution in [2.24, 2.45) is 5.92 Å². The van der Waals surface area contributed by atoms with Crippen LogP contribution in [0.15, 0.2) is 24.4 Å². The number of rotatable bonds is 1. The standard InChI is InChI=1S/C14H15FN4/c15-10-1-2-11-12(5-10)18-14(7-17-11)19-4-3-9-6-16-13(9)8-19/h1-2,5,7,9,13,16H,3-4,6,8H2/t9-,13-/m1/s1. The van der Waals surface area contributed by atoms with Gasteiger partial charge in [0, 0.05) is 25.2 Å². The molecular formula is C14H15FN4. The second-order valence-corrected chi connectivity index (χ2v) is 5.37. The Morgan fingerprint density at radius 3 is 3.05 bits per heavy atom. The predicted molar refractivity (Wildman–Crippen MR) is 71.6 cm³/mol. The molecule has 0 unspecified atom stereocenters. The van der Waals surface area contributed by atoms with Crippen LogP contribution in [0.4, 0.5) is 10.2 Å². The van der Waals surface area contributed by atoms with Gasteiger partial charge in [-0.05, 0) is 31.0 Å². The summed E-state index contributed by atoms with van der Waals surface area (Å²) in [4.78, 5) is 11.1. The van der Waals surface area contributed by atoms with Crippen LogP contribution in [0.5, 0.6) is 0 Å². The lowest BCUT2D eigenvalue weighted by Crippen LogP contribution is -2.62. The molecule has 2 aliphatic rings. The van der Waals surface area contributed by atoms with Crippen molar-refractivity contribution < 1.29 is 4.39 Å². The number of benzene rings is 1. The molecule has 0 saturated carbocycles. The largest absolute Gasteiger partial charge is 0.354 e. The fourth-order valence-electron chi connectivity index (χ4n) is 2.95. The van der Waals surface area contributed by atoms with Gasteiger partial charge in [0.25, 0.3) is 0 Å². The minimum atomic E-state index is -0.265. The van der Waals surface area contributed by atoms with Crippen LogP contribution < -0.4 is 10.2 Å². The first kappa shape index (κ1) is 11.1. The summed E-state index contributed by atoms with van der Waals surface area (Å²) in [6.07, 6.45) is 2.99. The molecule has 5 heteroatoms. The van der Waals surface area contributed by atoms with E-state index < -0.39 is 0 Å². The van der Waals surface area contributed by atoms with Gasteiger partial charge in [0.15, 0.2) is 0 Å². The molecule has 1 N–H and O–H groups in total. The summed E-state index contributed by atoms with van der Waals surface area (Å²) in [6.45, 7) is 3.13. The van der Waals surface area contributed by atoms with Crippen molar-refractivity contribution in [1.29, 1.82) is 0 Å². The summed E-state index contributed by atoms with van der Waals surface area (Å²) in [5.74, 6) is 1.41. The molecule has 1 aromatic carbocycles. The quantitative estimate of drug-likeness (QED) is 0.843. The summed E-state index contributed by atoms with van der Waals surface area (Å²) in [6, 6.07) is 5.11. The van der Waals surface area contributed by atoms with E-state index in [4.69, 9.17) is 0 Å². The monoisotopic (exact) mass is 258 g/mol. The maximum atomic E-state index is 13.2. The van der Waals surface area contributed by atoms with Crippen molar-refractivity contribution in [3.05, 3.63) is 30.2 Å². The predicted octanol–water partition coefficient (Wildman–Crippen LogP) is 1.57. The van der Waals surface area contributed by atoms with Crippen molar-refractivity contribution in [2.75, 3.05) is 24.5 Å². The van der Waals surface area contributed by atoms with Gasteiger partial charge in [-0.3, -0.25) is 4.98 Å². The number of halogens is 1. The third kappa shape index (κ3) is 1.85. The van der Waals surface area contributed by atoms with Gasteiger partial charge in [-0.25, -0.2) is 9.37 Å². The van der Waals surface area contributed by atoms with E-state index in [2.05, 4.69) is 20.2 Å². The number of nitrogens with one attached hydrogen (secondary N) is 1. The normalized spacial score (nSPS) is 26.1. The highest BCUT2D eigenvalue weighted by atomic mass is 19.1. The first-order valence-corrected chi connectivity index (χ1v) is 6.70. The van der Waals surface area contributed by atoms with Crippen molar-refractivity contribution in [2.45, 2.75) is 12.5 Å². The molecule has 2 fully saturated rings. The Hall–Kier alpha value is -1.75. The minimum Gasteiger partial charge on any atom is -0.354 e. The Bertz CT molecular complexity index is 630. The highest BCUT2D eigenvalue weighted by Gasteiger charge is 2.35. The maximum absolute atomic E-state index is 13.2. The van der Waals surface area contributed by atoms with E-state index in [1.54, 1.807) is 12.3 Å². The Kier molecular flexibility index (Phi) is 2.41. The number of hydrogen-bond acceptors (Lipinski definition) is 4. The molecule has 2 saturated heterocycles. The number of nitrogens with zero attached hydrogens (tertiary/aromatic N) is 3. The first-order valence-electron chi connectivity index (χ1n) is 6.70. The molecule has 1 aromatic heterocycles. The fourth-order valence-corrected chi connectivity index (χ4v) is 2.95. The molecule has 19 heavy (non-hydrogen) atoms. The number of aromatic nitrogens is 2. The van der Waals surface area contributed by atoms with Crippen LogP contribution in [0.1, 0.15) is 6.42 Å². The van der Waals surface area contributed by atoms with Gasteiger partial charge < -0.3 is 10.2 Å². The number of hydrogen-bond donors (Lipinski definition) is 1. The van der Waals surface area contributed by atoms with Crippen LogP contribution in [0.2, 0.25) is 0 Å². The molecule has 3 heterocycles. The second kappa shape index (κ2) is 4.13. The molecule has 0 amide bonds. The second-order valence-electron chi connectivity index (χ2n) is 5.37. The van der Waals surface area contributed by atoms with Crippen LogP contribution in [0.25, 0.3) is 11.0 Å². The third-order valence-electron chi connectivity index (χ3n) is 4.21. The average molecular weight is 258 g/mol. The summed E-state index contributed by atoms with van der Waals surface area (Å²) < 4.78 is 13.2. The molecular weight excluding hydrogens is 243 g/mol. The summed E-state index contributed by atoms with van der Waals surface area (Å²) in [5.41, 5.74) is 1.36. The lowest BCUT2D eigenvalue weighted by molar-refractivity contribution is 0.196. The molecule has 2 aliphatic heterocycles. The Morgan fingerprint density at radius 1 is 1.32 bits per heavy atom. The van der Waals surface area contributed by atoms with Crippen molar-refractivity contribution >= 4 is 16.9 Å². The van der Waals surface area contributed by atoms with Crippen molar-refractivity contribution in [3.63, 3.8) is 0 Å². The highest BCUT2D eigenvalue weighted by molar-refractivity contribution is 5.75. The van der Waals surface area contributed by atoms with Gasteiger partial charge in [-0.1, -0.05) is 0 Å². The van der Waals surface area contributed by atoms with Crippen LogP contribution in [0.3, 0.4) is 0 Å². The SMILES string of the molecule is Fc1ccc2ncc(N3CC[C@@H]4CN[C@@H]4C3)nc2c1. The number of fused-ring (bicyclic) bond motifs is 2. The first-order chi connectivity index (χ1) is 9.29. The van der Waals surface area contributed by atoms with E-state index in [0.29, 0.717) is 11.6 Å². The molecule has 4 rings (SSSR count). The number of anilines is 1. The maximum Gasteiger partial charge on any atom is 0.147 e. The lowest BCUT2D eigenvalue weighted by atomic mass is 9.85. The zero-order valence-corrected chi connectivity index (χ0v) is 10.5. The Labute approximate surface area is 110 Å². The van der Waals surface area contributed by atoms with E-state index in [-0.39, 0.29) is 5.82 Å². The van der Waals surface area contributed by atoms with E-state index in [9.17, 15) is 4.39 Å². The summed E-state index contributed by atoms with van der Waals surface area (Å²) in [5, 5.41) is 3.44. The van der Waals surface area contributed by atoms with E-state index in [1.165, 1.54) is 18.6 Å². The topological polar surface area (TPSA) is 41.1 Å². The van der Waals surface area contributed by atoms with Gasteiger partial charge in [-0.2, -0.15) is 0 Å². The van der Waals surface area contributed by atoms with Crippen LogP contribution >= 0.6 is 0 Å². The smallest absolute Gasteiger partial charge is 0.147 e. The van der Waals surface area contributed by atoms with Crippen molar-refractivity contribution in [3.8, 4) is 0 Å². The van der Waals surface area contributed by atoms with Crippen LogP contribution in [-0.4, -0.2) is 35.6 Å². The number of piperidine rings is 1. The molecule has 4 nitrogen and oxygen atoms in total. The minimum absolute atomic E-state index is 0.265. The molecule has 0 bridgehead atoms. The third-order valence-corrected chi connectivity index (χ3v) is 4.21. The molecule has 0 radical (unpaired) electrons. The average Bonchev–Trinajstić information content (AvgIpc) is 2.39. The van der Waals surface area contributed by atoms with E-state index >= 15 is 0 Å². The van der Waals surface area contributed by atoms with Gasteiger partial charge >= 0.3 is 0 Å². The molecule has 98 valence electrons. The van der Waals surface area contributed by atoms with Gasteiger partial charge in [0.1, 0.15) is 11.6 Å². The lowest BCUT2D eigenvalue weighted by Gasteiger charge is -2.46. The van der Waals surface area contributed by atoms with Gasteiger partial charge in [0.2, 0.25) is 0 Å². The zero-order chi connectivity index (χ0) is 12.8. The van der Waals surface area contributed by atoms with E-state index in [0.717, 1.165) is 36.9 Å². The van der Waals surface area contributed by atoms with E-state index in [1.807, 2.05) is 0 Å². The Balaban J connectivity index is 1.66. The highest BCUT2D eigenvalue weighted by Crippen LogP contribution is 2.27. The fraction of sp³-hybridized carbons (Fsp3) is 0.429. The molecule has 2 atom stereocenters. The van der Waals surface area contributed by atoms with Gasteiger partial charge in [0.05, 0.1) is 17.2 Å². The Morgan fingerprint density at radius 2 is 2.26 bits per heavy atom. The van der Waals surface area contributed by atoms with Crippen molar-refractivity contribution in [1.82, 2.24) is 15.3 Å². The van der Waals surface area contributed by atoms with Crippen LogP contribution in [0, 0.1) is 11.7 Å². The molecule has 2 aromatic rings.